The summed E-state index contributed by atoms with van der Waals surface area (Å²) >= 11 is 0. The lowest BCUT2D eigenvalue weighted by molar-refractivity contribution is 0.671. The molecule has 0 saturated heterocycles. The molecule has 10 rings (SSSR count). The molecule has 0 saturated carbocycles. The van der Waals surface area contributed by atoms with Gasteiger partial charge in [-0.05, 0) is 64.5 Å². The van der Waals surface area contributed by atoms with Gasteiger partial charge in [-0.3, -0.25) is 0 Å². The SMILES string of the molecule is [2H]c1c([2H])c([2H])c(-c2c([2H])c([2H])c(-c3nc(-c4c([2H])c([2H])c([2H])c(C)c4[2H])nc(-c4c([2H])c([2H])c([2H])c(-c5cccc6c5oc5c(-c7ccccc7)cc(-c7ccccc7)cc56)c4[2H])n3)c([2H])c2[2H])c([2H])c1[2H]. The molecule has 2 heterocycles. The van der Waals surface area contributed by atoms with Gasteiger partial charge in [-0.25, -0.2) is 15.0 Å². The van der Waals surface area contributed by atoms with E-state index in [2.05, 4.69) is 15.0 Å². The summed E-state index contributed by atoms with van der Waals surface area (Å²) in [4.78, 5) is 13.5. The Balaban J connectivity index is 1.26. The molecule has 0 N–H and O–H groups in total. The fraction of sp³-hybridized carbons (Fsp3) is 0.0192. The minimum atomic E-state index is -0.857. The predicted molar refractivity (Wildman–Crippen MR) is 230 cm³/mol. The molecule has 0 atom stereocenters. The molecule has 0 spiro atoms. The highest BCUT2D eigenvalue weighted by Crippen LogP contribution is 2.43. The standard InChI is InChI=1S/C52H35N3O/c1-34-14-11-22-41(30-34)51-53-50(39-28-26-37(27-29-39)35-15-5-2-6-16-35)54-52(55-51)42-23-12-21-40(31-42)44-24-13-25-45-47-33-43(36-17-7-3-8-18-36)32-46(49(47)56-48(44)45)38-19-9-4-10-20-38/h2-33H,1H3/i2D,5D,6D,11D,12D,14D,15D,16D,21D,22D,23D,26D,27D,28D,29D,30D,31D. The summed E-state index contributed by atoms with van der Waals surface area (Å²) in [6.45, 7) is 1.37. The number of rotatable bonds is 7. The average Bonchev–Trinajstić information content (AvgIpc) is 3.78. The number of benzene rings is 8. The zero-order chi connectivity index (χ0) is 52.2. The molecular formula is C52H35N3O. The molecule has 56 heavy (non-hydrogen) atoms. The number of aromatic nitrogens is 3. The Morgan fingerprint density at radius 3 is 1.70 bits per heavy atom. The van der Waals surface area contributed by atoms with Crippen LogP contribution in [0.3, 0.4) is 0 Å². The van der Waals surface area contributed by atoms with Crippen molar-refractivity contribution in [3.05, 3.63) is 199 Å². The highest BCUT2D eigenvalue weighted by molar-refractivity contribution is 6.14. The first-order valence-electron chi connectivity index (χ1n) is 26.0. The van der Waals surface area contributed by atoms with Crippen LogP contribution in [-0.4, -0.2) is 15.0 Å². The average molecular weight is 735 g/mol. The minimum Gasteiger partial charge on any atom is -0.455 e. The topological polar surface area (TPSA) is 51.8 Å². The maximum absolute atomic E-state index is 9.82. The molecule has 0 amide bonds. The Hall–Kier alpha value is -7.43. The van der Waals surface area contributed by atoms with Gasteiger partial charge in [-0.2, -0.15) is 0 Å². The van der Waals surface area contributed by atoms with Gasteiger partial charge in [0.25, 0.3) is 0 Å². The van der Waals surface area contributed by atoms with Gasteiger partial charge in [-0.15, -0.1) is 0 Å². The Labute approximate surface area is 349 Å². The van der Waals surface area contributed by atoms with E-state index in [0.29, 0.717) is 16.4 Å². The van der Waals surface area contributed by atoms with Crippen LogP contribution in [0.25, 0.3) is 101 Å². The minimum absolute atomic E-state index is 0.0476. The van der Waals surface area contributed by atoms with Crippen molar-refractivity contribution in [2.45, 2.75) is 6.92 Å². The van der Waals surface area contributed by atoms with Crippen LogP contribution in [0.4, 0.5) is 0 Å². The van der Waals surface area contributed by atoms with Crippen LogP contribution in [0.2, 0.25) is 0 Å². The molecule has 8 aromatic carbocycles. The van der Waals surface area contributed by atoms with Crippen LogP contribution >= 0.6 is 0 Å². The Morgan fingerprint density at radius 2 is 0.964 bits per heavy atom. The molecule has 0 unspecified atom stereocenters. The van der Waals surface area contributed by atoms with Gasteiger partial charge in [0, 0.05) is 38.6 Å². The number of hydrogen-bond donors (Lipinski definition) is 0. The summed E-state index contributed by atoms with van der Waals surface area (Å²) < 4.78 is 157. The van der Waals surface area contributed by atoms with E-state index in [1.807, 2.05) is 78.9 Å². The summed E-state index contributed by atoms with van der Waals surface area (Å²) in [5.74, 6) is -1.82. The van der Waals surface area contributed by atoms with Gasteiger partial charge in [-0.1, -0.05) is 175 Å². The second-order valence-corrected chi connectivity index (χ2v) is 12.7. The van der Waals surface area contributed by atoms with Crippen molar-refractivity contribution in [1.82, 2.24) is 15.0 Å². The molecule has 2 aromatic heterocycles. The van der Waals surface area contributed by atoms with Crippen molar-refractivity contribution < 1.29 is 27.7 Å². The maximum Gasteiger partial charge on any atom is 0.164 e. The Morgan fingerprint density at radius 1 is 0.393 bits per heavy atom. The van der Waals surface area contributed by atoms with Gasteiger partial charge < -0.3 is 4.42 Å². The summed E-state index contributed by atoms with van der Waals surface area (Å²) in [6.07, 6.45) is 0. The van der Waals surface area contributed by atoms with Gasteiger partial charge in [0.2, 0.25) is 0 Å². The van der Waals surface area contributed by atoms with Crippen LogP contribution in [0.15, 0.2) is 198 Å². The van der Waals surface area contributed by atoms with Gasteiger partial charge in [0.1, 0.15) is 11.2 Å². The first-order chi connectivity index (χ1) is 34.7. The molecule has 0 aliphatic rings. The number of nitrogens with zero attached hydrogens (tertiary/aromatic N) is 3. The Kier molecular flexibility index (Phi) is 4.97. The molecule has 264 valence electrons. The summed E-state index contributed by atoms with van der Waals surface area (Å²) in [7, 11) is 0. The normalized spacial score (nSPS) is 15.6. The number of para-hydroxylation sites is 1. The number of hydrogen-bond acceptors (Lipinski definition) is 4. The summed E-state index contributed by atoms with van der Waals surface area (Å²) in [5.41, 5.74) is 1.39. The molecular weight excluding hydrogens is 683 g/mol. The van der Waals surface area contributed by atoms with Crippen LogP contribution in [0.5, 0.6) is 0 Å². The van der Waals surface area contributed by atoms with Crippen molar-refractivity contribution in [2.24, 2.45) is 0 Å². The third-order valence-electron chi connectivity index (χ3n) is 9.12. The molecule has 0 aliphatic heterocycles. The quantitative estimate of drug-likeness (QED) is 0.164. The fourth-order valence-corrected chi connectivity index (χ4v) is 6.50. The second kappa shape index (κ2) is 14.1. The van der Waals surface area contributed by atoms with E-state index in [-0.39, 0.29) is 22.3 Å². The van der Waals surface area contributed by atoms with E-state index in [1.165, 1.54) is 6.92 Å². The lowest BCUT2D eigenvalue weighted by atomic mass is 9.95. The molecule has 0 fully saturated rings. The maximum atomic E-state index is 9.82. The lowest BCUT2D eigenvalue weighted by Gasteiger charge is -2.10. The van der Waals surface area contributed by atoms with E-state index in [4.69, 9.17) is 20.9 Å². The molecule has 0 aliphatic carbocycles. The Bertz CT molecular complexity index is 3930. The van der Waals surface area contributed by atoms with E-state index >= 15 is 0 Å². The molecule has 4 heteroatoms. The molecule has 0 bridgehead atoms. The summed E-state index contributed by atoms with van der Waals surface area (Å²) in [5, 5.41) is 1.32. The van der Waals surface area contributed by atoms with E-state index < -0.39 is 148 Å². The largest absolute Gasteiger partial charge is 0.455 e. The summed E-state index contributed by atoms with van der Waals surface area (Å²) in [6, 6.07) is 16.5. The predicted octanol–water partition coefficient (Wildman–Crippen LogP) is 13.7. The molecule has 10 aromatic rings. The van der Waals surface area contributed by atoms with E-state index in [9.17, 15) is 6.85 Å². The van der Waals surface area contributed by atoms with Crippen molar-refractivity contribution in [3.63, 3.8) is 0 Å². The van der Waals surface area contributed by atoms with Crippen molar-refractivity contribution in [1.29, 1.82) is 0 Å². The zero-order valence-electron chi connectivity index (χ0n) is 46.4. The van der Waals surface area contributed by atoms with Crippen molar-refractivity contribution in [2.75, 3.05) is 0 Å². The lowest BCUT2D eigenvalue weighted by Crippen LogP contribution is -2.00. The third-order valence-corrected chi connectivity index (χ3v) is 9.12. The first-order valence-corrected chi connectivity index (χ1v) is 17.5. The van der Waals surface area contributed by atoms with Crippen LogP contribution in [0, 0.1) is 6.92 Å². The highest BCUT2D eigenvalue weighted by Gasteiger charge is 2.19. The van der Waals surface area contributed by atoms with Crippen LogP contribution in [-0.2, 0) is 0 Å². The smallest absolute Gasteiger partial charge is 0.164 e. The van der Waals surface area contributed by atoms with Crippen LogP contribution in [0.1, 0.15) is 28.9 Å². The number of furan rings is 1. The fourth-order valence-electron chi connectivity index (χ4n) is 6.50. The van der Waals surface area contributed by atoms with Gasteiger partial charge >= 0.3 is 0 Å². The van der Waals surface area contributed by atoms with Crippen molar-refractivity contribution >= 4 is 21.9 Å². The van der Waals surface area contributed by atoms with E-state index in [0.717, 1.165) is 22.3 Å². The van der Waals surface area contributed by atoms with Gasteiger partial charge in [0.15, 0.2) is 17.5 Å². The monoisotopic (exact) mass is 734 g/mol. The third kappa shape index (κ3) is 6.23. The zero-order valence-corrected chi connectivity index (χ0v) is 29.4. The number of fused-ring (bicyclic) bond motifs is 3. The molecule has 0 radical (unpaired) electrons. The van der Waals surface area contributed by atoms with Crippen molar-refractivity contribution in [3.8, 4) is 78.7 Å². The van der Waals surface area contributed by atoms with Gasteiger partial charge in [0.05, 0.1) is 23.3 Å². The highest BCUT2D eigenvalue weighted by atomic mass is 16.3. The second-order valence-electron chi connectivity index (χ2n) is 12.7. The first kappa shape index (κ1) is 19.8. The van der Waals surface area contributed by atoms with E-state index in [1.54, 1.807) is 12.1 Å². The van der Waals surface area contributed by atoms with Crippen LogP contribution < -0.4 is 0 Å². The molecule has 4 nitrogen and oxygen atoms in total.